The highest BCUT2D eigenvalue weighted by Crippen LogP contribution is 2.29. The molecule has 3 amide bonds. The highest BCUT2D eigenvalue weighted by molar-refractivity contribution is 6.11. The van der Waals surface area contributed by atoms with Crippen LogP contribution in [0.5, 0.6) is 0 Å². The van der Waals surface area contributed by atoms with Crippen LogP contribution in [0.15, 0.2) is 54.7 Å². The van der Waals surface area contributed by atoms with Crippen LogP contribution in [0.3, 0.4) is 0 Å². The topological polar surface area (TPSA) is 108 Å². The molecular weight excluding hydrogens is 406 g/mol. The van der Waals surface area contributed by atoms with Gasteiger partial charge in [0.25, 0.3) is 5.91 Å². The zero-order valence-corrected chi connectivity index (χ0v) is 17.9. The van der Waals surface area contributed by atoms with Gasteiger partial charge in [0.15, 0.2) is 5.78 Å². The number of amides is 3. The number of hydrogen-bond acceptors (Lipinski definition) is 5. The fourth-order valence-electron chi connectivity index (χ4n) is 4.03. The molecule has 2 aromatic heterocycles. The number of benzene rings is 1. The average molecular weight is 427 g/mol. The second kappa shape index (κ2) is 7.78. The molecule has 0 bridgehead atoms. The van der Waals surface area contributed by atoms with Gasteiger partial charge >= 0.3 is 6.03 Å². The SMILES string of the molecule is Cc1cc(C(=O)CN2C(=O)N[C@@](C)(c3ccc(C#N)cc3)C2=O)c(C)n1-c1ccccn1. The maximum Gasteiger partial charge on any atom is 0.325 e. The maximum atomic E-state index is 13.1. The van der Waals surface area contributed by atoms with Crippen molar-refractivity contribution >= 4 is 17.7 Å². The Bertz CT molecular complexity index is 1270. The lowest BCUT2D eigenvalue weighted by Gasteiger charge is -2.22. The van der Waals surface area contributed by atoms with Gasteiger partial charge < -0.3 is 9.88 Å². The van der Waals surface area contributed by atoms with E-state index in [1.165, 1.54) is 0 Å². The molecule has 0 unspecified atom stereocenters. The number of ketones is 1. The number of hydrogen-bond donors (Lipinski definition) is 1. The Morgan fingerprint density at radius 2 is 1.88 bits per heavy atom. The minimum Gasteiger partial charge on any atom is -0.319 e. The van der Waals surface area contributed by atoms with Crippen molar-refractivity contribution in [2.24, 2.45) is 0 Å². The molecule has 1 atom stereocenters. The monoisotopic (exact) mass is 427 g/mol. The zero-order valence-electron chi connectivity index (χ0n) is 17.9. The lowest BCUT2D eigenvalue weighted by atomic mass is 9.91. The zero-order chi connectivity index (χ0) is 23.0. The molecule has 0 spiro atoms. The van der Waals surface area contributed by atoms with Gasteiger partial charge in [-0.1, -0.05) is 18.2 Å². The standard InChI is InChI=1S/C24H21N5O3/c1-15-12-19(16(2)29(15)21-6-4-5-11-26-21)20(30)14-28-22(31)24(3,27-23(28)32)18-9-7-17(13-25)8-10-18/h4-12H,14H2,1-3H3,(H,27,32)/t24-/m0/s1. The minimum absolute atomic E-state index is 0.340. The van der Waals surface area contributed by atoms with Crippen LogP contribution in [0.4, 0.5) is 4.79 Å². The predicted octanol–water partition coefficient (Wildman–Crippen LogP) is 3.01. The molecule has 8 nitrogen and oxygen atoms in total. The Labute approximate surface area is 185 Å². The molecule has 3 aromatic rings. The number of Topliss-reactive ketones (excluding diaryl/α,β-unsaturated/α-hetero) is 1. The lowest BCUT2D eigenvalue weighted by Crippen LogP contribution is -2.41. The van der Waals surface area contributed by atoms with Crippen LogP contribution in [0, 0.1) is 25.2 Å². The van der Waals surface area contributed by atoms with Crippen LogP contribution >= 0.6 is 0 Å². The Morgan fingerprint density at radius 3 is 2.50 bits per heavy atom. The number of carbonyl (C=O) groups excluding carboxylic acids is 3. The van der Waals surface area contributed by atoms with Gasteiger partial charge in [-0.25, -0.2) is 9.78 Å². The van der Waals surface area contributed by atoms with Gasteiger partial charge in [-0.15, -0.1) is 0 Å². The molecular formula is C24H21N5O3. The number of nitrogens with one attached hydrogen (secondary N) is 1. The number of aromatic nitrogens is 2. The molecule has 1 aliphatic rings. The van der Waals surface area contributed by atoms with Crippen molar-refractivity contribution in [2.75, 3.05) is 6.54 Å². The summed E-state index contributed by atoms with van der Waals surface area (Å²) in [5.74, 6) is -0.170. The van der Waals surface area contributed by atoms with E-state index in [9.17, 15) is 14.4 Å². The van der Waals surface area contributed by atoms with Gasteiger partial charge in [0.05, 0.1) is 18.2 Å². The number of nitrogens with zero attached hydrogens (tertiary/aromatic N) is 4. The van der Waals surface area contributed by atoms with Gasteiger partial charge in [-0.2, -0.15) is 5.26 Å². The summed E-state index contributed by atoms with van der Waals surface area (Å²) in [5, 5.41) is 11.7. The summed E-state index contributed by atoms with van der Waals surface area (Å²) in [6.07, 6.45) is 1.67. The molecule has 8 heteroatoms. The van der Waals surface area contributed by atoms with E-state index in [1.807, 2.05) is 42.7 Å². The first-order chi connectivity index (χ1) is 15.3. The molecule has 3 heterocycles. The number of rotatable bonds is 5. The minimum atomic E-state index is -1.31. The van der Waals surface area contributed by atoms with Crippen molar-refractivity contribution < 1.29 is 14.4 Å². The van der Waals surface area contributed by atoms with Crippen molar-refractivity contribution in [3.63, 3.8) is 0 Å². The largest absolute Gasteiger partial charge is 0.325 e. The molecule has 0 radical (unpaired) electrons. The Kier molecular flexibility index (Phi) is 5.11. The number of aryl methyl sites for hydroxylation is 1. The Balaban J connectivity index is 1.60. The van der Waals surface area contributed by atoms with Gasteiger partial charge in [0.2, 0.25) is 0 Å². The van der Waals surface area contributed by atoms with Crippen LogP contribution in [-0.4, -0.2) is 38.7 Å². The van der Waals surface area contributed by atoms with E-state index in [4.69, 9.17) is 5.26 Å². The lowest BCUT2D eigenvalue weighted by molar-refractivity contribution is -0.130. The van der Waals surface area contributed by atoms with E-state index in [2.05, 4.69) is 10.3 Å². The summed E-state index contributed by atoms with van der Waals surface area (Å²) in [5.41, 5.74) is 1.62. The number of urea groups is 1. The van der Waals surface area contributed by atoms with Crippen LogP contribution in [-0.2, 0) is 10.3 Å². The fraction of sp³-hybridized carbons (Fsp3) is 0.208. The molecule has 1 aromatic carbocycles. The van der Waals surface area contributed by atoms with Crippen LogP contribution in [0.25, 0.3) is 5.82 Å². The highest BCUT2D eigenvalue weighted by Gasteiger charge is 2.49. The summed E-state index contributed by atoms with van der Waals surface area (Å²) >= 11 is 0. The van der Waals surface area contributed by atoms with Crippen molar-refractivity contribution in [1.82, 2.24) is 19.8 Å². The van der Waals surface area contributed by atoms with E-state index in [0.29, 0.717) is 28.2 Å². The van der Waals surface area contributed by atoms with Crippen molar-refractivity contribution in [1.29, 1.82) is 5.26 Å². The summed E-state index contributed by atoms with van der Waals surface area (Å²) in [6, 6.07) is 15.1. The molecule has 0 saturated carbocycles. The van der Waals surface area contributed by atoms with Crippen molar-refractivity contribution in [3.05, 3.63) is 82.8 Å². The number of carbonyl (C=O) groups is 3. The van der Waals surface area contributed by atoms with Crippen LogP contribution < -0.4 is 5.32 Å². The molecule has 160 valence electrons. The molecule has 1 aliphatic heterocycles. The molecule has 0 aliphatic carbocycles. The third kappa shape index (κ3) is 3.34. The molecule has 1 N–H and O–H groups in total. The van der Waals surface area contributed by atoms with Crippen LogP contribution in [0.2, 0.25) is 0 Å². The summed E-state index contributed by atoms with van der Waals surface area (Å²) in [4.78, 5) is 44.1. The first-order valence-corrected chi connectivity index (χ1v) is 10.0. The van der Waals surface area contributed by atoms with Gasteiger partial charge in [-0.05, 0) is 56.7 Å². The van der Waals surface area contributed by atoms with E-state index in [0.717, 1.165) is 10.6 Å². The normalized spacial score (nSPS) is 17.9. The molecule has 32 heavy (non-hydrogen) atoms. The van der Waals surface area contributed by atoms with E-state index in [1.54, 1.807) is 43.5 Å². The fourth-order valence-corrected chi connectivity index (χ4v) is 4.03. The Hall–Kier alpha value is -4.25. The van der Waals surface area contributed by atoms with E-state index in [-0.39, 0.29) is 12.3 Å². The highest BCUT2D eigenvalue weighted by atomic mass is 16.2. The first kappa shape index (κ1) is 21.0. The van der Waals surface area contributed by atoms with Crippen LogP contribution in [0.1, 0.15) is 39.8 Å². The summed E-state index contributed by atoms with van der Waals surface area (Å²) in [7, 11) is 0. The first-order valence-electron chi connectivity index (χ1n) is 10.0. The number of pyridine rings is 1. The Morgan fingerprint density at radius 1 is 1.16 bits per heavy atom. The summed E-state index contributed by atoms with van der Waals surface area (Å²) in [6.45, 7) is 4.89. The smallest absolute Gasteiger partial charge is 0.319 e. The quantitative estimate of drug-likeness (QED) is 0.497. The van der Waals surface area contributed by atoms with Gasteiger partial charge in [0, 0.05) is 23.1 Å². The van der Waals surface area contributed by atoms with E-state index >= 15 is 0 Å². The third-order valence-electron chi connectivity index (χ3n) is 5.78. The maximum absolute atomic E-state index is 13.1. The second-order valence-corrected chi connectivity index (χ2v) is 7.87. The molecule has 1 fully saturated rings. The summed E-state index contributed by atoms with van der Waals surface area (Å²) < 4.78 is 1.86. The average Bonchev–Trinajstić information content (AvgIpc) is 3.21. The third-order valence-corrected chi connectivity index (χ3v) is 5.78. The van der Waals surface area contributed by atoms with Gasteiger partial charge in [-0.3, -0.25) is 14.5 Å². The van der Waals surface area contributed by atoms with Gasteiger partial charge in [0.1, 0.15) is 11.4 Å². The van der Waals surface area contributed by atoms with Crippen molar-refractivity contribution in [3.8, 4) is 11.9 Å². The predicted molar refractivity (Wildman–Crippen MR) is 116 cm³/mol. The molecule has 1 saturated heterocycles. The van der Waals surface area contributed by atoms with Crippen molar-refractivity contribution in [2.45, 2.75) is 26.3 Å². The van der Waals surface area contributed by atoms with E-state index < -0.39 is 17.5 Å². The second-order valence-electron chi connectivity index (χ2n) is 7.87. The number of imide groups is 1. The number of nitriles is 1. The molecule has 4 rings (SSSR count).